The SMILES string of the molecule is COc1ccc(/C=C2/SC(=S)N(c3ccc4c(c3)OCO4)C2=O)c(OC)c1. The molecule has 1 saturated heterocycles. The number of carbonyl (C=O) groups is 1. The Kier molecular flexibility index (Phi) is 4.67. The molecule has 2 aromatic carbocycles. The van der Waals surface area contributed by atoms with Gasteiger partial charge in [-0.1, -0.05) is 24.0 Å². The van der Waals surface area contributed by atoms with E-state index in [9.17, 15) is 4.79 Å². The largest absolute Gasteiger partial charge is 0.497 e. The third kappa shape index (κ3) is 3.22. The van der Waals surface area contributed by atoms with E-state index in [1.54, 1.807) is 44.6 Å². The minimum Gasteiger partial charge on any atom is -0.497 e. The maximum Gasteiger partial charge on any atom is 0.270 e. The lowest BCUT2D eigenvalue weighted by atomic mass is 10.1. The number of benzene rings is 2. The third-order valence-electron chi connectivity index (χ3n) is 4.14. The molecule has 0 bridgehead atoms. The maximum absolute atomic E-state index is 13.0. The molecule has 138 valence electrons. The molecule has 0 spiro atoms. The summed E-state index contributed by atoms with van der Waals surface area (Å²) in [5, 5.41) is 0. The van der Waals surface area contributed by atoms with Crippen LogP contribution in [0.1, 0.15) is 5.56 Å². The van der Waals surface area contributed by atoms with Crippen LogP contribution < -0.4 is 23.8 Å². The molecule has 2 heterocycles. The predicted octanol–water partition coefficient (Wildman–Crippen LogP) is 3.84. The highest BCUT2D eigenvalue weighted by molar-refractivity contribution is 8.27. The van der Waals surface area contributed by atoms with Crippen molar-refractivity contribution in [2.24, 2.45) is 0 Å². The number of thiocarbonyl (C=S) groups is 1. The van der Waals surface area contributed by atoms with E-state index >= 15 is 0 Å². The van der Waals surface area contributed by atoms with E-state index in [1.807, 2.05) is 12.1 Å². The smallest absolute Gasteiger partial charge is 0.270 e. The average molecular weight is 401 g/mol. The topological polar surface area (TPSA) is 57.2 Å². The lowest BCUT2D eigenvalue weighted by Gasteiger charge is -2.14. The first-order chi connectivity index (χ1) is 13.1. The normalized spacial score (nSPS) is 17.0. The number of rotatable bonds is 4. The van der Waals surface area contributed by atoms with Gasteiger partial charge >= 0.3 is 0 Å². The summed E-state index contributed by atoms with van der Waals surface area (Å²) in [7, 11) is 3.16. The van der Waals surface area contributed by atoms with Crippen molar-refractivity contribution in [3.8, 4) is 23.0 Å². The van der Waals surface area contributed by atoms with Gasteiger partial charge in [0.15, 0.2) is 15.8 Å². The number of amides is 1. The number of hydrogen-bond donors (Lipinski definition) is 0. The number of methoxy groups -OCH3 is 2. The molecule has 2 aliphatic rings. The van der Waals surface area contributed by atoms with E-state index in [1.165, 1.54) is 16.7 Å². The van der Waals surface area contributed by atoms with Gasteiger partial charge < -0.3 is 18.9 Å². The molecule has 8 heteroatoms. The second kappa shape index (κ2) is 7.13. The fourth-order valence-electron chi connectivity index (χ4n) is 2.79. The second-order valence-electron chi connectivity index (χ2n) is 5.66. The Morgan fingerprint density at radius 3 is 2.70 bits per heavy atom. The Morgan fingerprint density at radius 2 is 1.93 bits per heavy atom. The van der Waals surface area contributed by atoms with Gasteiger partial charge in [-0.05, 0) is 30.3 Å². The first-order valence-corrected chi connectivity index (χ1v) is 9.23. The zero-order chi connectivity index (χ0) is 19.0. The number of nitrogens with zero attached hydrogens (tertiary/aromatic N) is 1. The van der Waals surface area contributed by atoms with E-state index < -0.39 is 0 Å². The van der Waals surface area contributed by atoms with Gasteiger partial charge in [-0.15, -0.1) is 0 Å². The molecule has 27 heavy (non-hydrogen) atoms. The van der Waals surface area contributed by atoms with Crippen molar-refractivity contribution < 1.29 is 23.7 Å². The van der Waals surface area contributed by atoms with Crippen LogP contribution in [0.3, 0.4) is 0 Å². The highest BCUT2D eigenvalue weighted by atomic mass is 32.2. The van der Waals surface area contributed by atoms with Gasteiger partial charge in [0.25, 0.3) is 5.91 Å². The van der Waals surface area contributed by atoms with Gasteiger partial charge in [0.1, 0.15) is 11.5 Å². The average Bonchev–Trinajstić information content (AvgIpc) is 3.25. The predicted molar refractivity (Wildman–Crippen MR) is 108 cm³/mol. The van der Waals surface area contributed by atoms with Crippen LogP contribution in [0.25, 0.3) is 6.08 Å². The van der Waals surface area contributed by atoms with Crippen LogP contribution in [-0.2, 0) is 4.79 Å². The number of anilines is 1. The van der Waals surface area contributed by atoms with Crippen LogP contribution in [0.15, 0.2) is 41.3 Å². The molecule has 2 aliphatic heterocycles. The third-order valence-corrected chi connectivity index (χ3v) is 5.44. The number of thioether (sulfide) groups is 1. The van der Waals surface area contributed by atoms with Crippen molar-refractivity contribution in [3.05, 3.63) is 46.9 Å². The van der Waals surface area contributed by atoms with Crippen LogP contribution >= 0.6 is 24.0 Å². The monoisotopic (exact) mass is 401 g/mol. The van der Waals surface area contributed by atoms with E-state index in [2.05, 4.69) is 0 Å². The van der Waals surface area contributed by atoms with E-state index in [4.69, 9.17) is 31.2 Å². The van der Waals surface area contributed by atoms with Crippen LogP contribution in [0.4, 0.5) is 5.69 Å². The summed E-state index contributed by atoms with van der Waals surface area (Å²) < 4.78 is 21.8. The summed E-state index contributed by atoms with van der Waals surface area (Å²) in [6.07, 6.45) is 1.77. The lowest BCUT2D eigenvalue weighted by molar-refractivity contribution is -0.113. The molecule has 1 amide bonds. The summed E-state index contributed by atoms with van der Waals surface area (Å²) in [5.41, 5.74) is 1.41. The highest BCUT2D eigenvalue weighted by Gasteiger charge is 2.34. The standard InChI is InChI=1S/C19H15NO5S2/c1-22-13-5-3-11(15(9-13)23-2)7-17-18(21)20(19(26)27-17)12-4-6-14-16(8-12)25-10-24-14/h3-9H,10H2,1-2H3/b17-7+. The Morgan fingerprint density at radius 1 is 1.11 bits per heavy atom. The molecule has 0 aromatic heterocycles. The van der Waals surface area contributed by atoms with Gasteiger partial charge in [0.05, 0.1) is 24.8 Å². The van der Waals surface area contributed by atoms with Crippen LogP contribution in [0, 0.1) is 0 Å². The van der Waals surface area contributed by atoms with Crippen molar-refractivity contribution in [1.82, 2.24) is 0 Å². The summed E-state index contributed by atoms with van der Waals surface area (Å²) in [6, 6.07) is 10.7. The molecule has 6 nitrogen and oxygen atoms in total. The van der Waals surface area contributed by atoms with Crippen molar-refractivity contribution in [3.63, 3.8) is 0 Å². The summed E-state index contributed by atoms with van der Waals surface area (Å²) >= 11 is 6.67. The Balaban J connectivity index is 1.66. The minimum atomic E-state index is -0.193. The Labute approximate surface area is 165 Å². The van der Waals surface area contributed by atoms with Crippen LogP contribution in [0.2, 0.25) is 0 Å². The van der Waals surface area contributed by atoms with Crippen LogP contribution in [0.5, 0.6) is 23.0 Å². The number of carbonyl (C=O) groups excluding carboxylic acids is 1. The van der Waals surface area contributed by atoms with E-state index in [-0.39, 0.29) is 12.7 Å². The molecule has 1 fully saturated rings. The lowest BCUT2D eigenvalue weighted by Crippen LogP contribution is -2.27. The first kappa shape index (κ1) is 17.7. The zero-order valence-electron chi connectivity index (χ0n) is 14.6. The fourth-order valence-corrected chi connectivity index (χ4v) is 4.08. The Hall–Kier alpha value is -2.71. The Bertz CT molecular complexity index is 973. The number of hydrogen-bond acceptors (Lipinski definition) is 7. The van der Waals surface area contributed by atoms with Gasteiger partial charge in [-0.3, -0.25) is 9.69 Å². The number of fused-ring (bicyclic) bond motifs is 1. The molecular formula is C19H15NO5S2. The minimum absolute atomic E-state index is 0.175. The molecule has 0 atom stereocenters. The van der Waals surface area contributed by atoms with E-state index in [0.29, 0.717) is 37.9 Å². The molecule has 0 radical (unpaired) electrons. The summed E-state index contributed by atoms with van der Waals surface area (Å²) in [4.78, 5) is 15.0. The van der Waals surface area contributed by atoms with Gasteiger partial charge in [0, 0.05) is 17.7 Å². The van der Waals surface area contributed by atoms with Gasteiger partial charge in [-0.2, -0.15) is 0 Å². The first-order valence-electron chi connectivity index (χ1n) is 8.00. The molecule has 0 aliphatic carbocycles. The summed E-state index contributed by atoms with van der Waals surface area (Å²) in [5.74, 6) is 2.35. The number of ether oxygens (including phenoxy) is 4. The zero-order valence-corrected chi connectivity index (χ0v) is 16.2. The highest BCUT2D eigenvalue weighted by Crippen LogP contribution is 2.41. The van der Waals surface area contributed by atoms with E-state index in [0.717, 1.165) is 5.56 Å². The maximum atomic E-state index is 13.0. The van der Waals surface area contributed by atoms with Gasteiger partial charge in [0.2, 0.25) is 6.79 Å². The summed E-state index contributed by atoms with van der Waals surface area (Å²) in [6.45, 7) is 0.175. The molecular weight excluding hydrogens is 386 g/mol. The molecule has 4 rings (SSSR count). The second-order valence-corrected chi connectivity index (χ2v) is 7.34. The van der Waals surface area contributed by atoms with Crippen LogP contribution in [-0.4, -0.2) is 31.2 Å². The van der Waals surface area contributed by atoms with Crippen molar-refractivity contribution in [1.29, 1.82) is 0 Å². The molecule has 2 aromatic rings. The van der Waals surface area contributed by atoms with Crippen molar-refractivity contribution in [2.45, 2.75) is 0 Å². The van der Waals surface area contributed by atoms with Crippen molar-refractivity contribution >= 4 is 46.0 Å². The quantitative estimate of drug-likeness (QED) is 0.570. The molecule has 0 saturated carbocycles. The molecule has 0 N–H and O–H groups in total. The molecule has 0 unspecified atom stereocenters. The van der Waals surface area contributed by atoms with Crippen molar-refractivity contribution in [2.75, 3.05) is 25.9 Å². The van der Waals surface area contributed by atoms with Gasteiger partial charge in [-0.25, -0.2) is 0 Å². The fraction of sp³-hybridized carbons (Fsp3) is 0.158.